The fraction of sp³-hybridized carbons (Fsp3) is 0.368. The van der Waals surface area contributed by atoms with Crippen molar-refractivity contribution in [3.63, 3.8) is 0 Å². The summed E-state index contributed by atoms with van der Waals surface area (Å²) in [5.41, 5.74) is 0.366. The van der Waals surface area contributed by atoms with Crippen LogP contribution in [0.2, 0.25) is 10.0 Å². The van der Waals surface area contributed by atoms with E-state index in [4.69, 9.17) is 37.4 Å². The molecule has 10 heteroatoms. The van der Waals surface area contributed by atoms with Crippen LogP contribution >= 0.6 is 23.2 Å². The largest absolute Gasteiger partial charge is 0.573 e. The first kappa shape index (κ1) is 21.8. The number of hydrogen-bond donors (Lipinski definition) is 1. The summed E-state index contributed by atoms with van der Waals surface area (Å²) in [5, 5.41) is 9.73. The van der Waals surface area contributed by atoms with E-state index in [2.05, 4.69) is 4.74 Å². The molecule has 5 nitrogen and oxygen atoms in total. The molecule has 0 saturated carbocycles. The summed E-state index contributed by atoms with van der Waals surface area (Å²) < 4.78 is 58.9. The molecule has 29 heavy (non-hydrogen) atoms. The molecule has 0 aliphatic carbocycles. The van der Waals surface area contributed by atoms with Crippen molar-refractivity contribution in [2.75, 3.05) is 19.8 Å². The number of halogens is 5. The second kappa shape index (κ2) is 8.87. The van der Waals surface area contributed by atoms with Gasteiger partial charge in [0.15, 0.2) is 11.5 Å². The number of phenolic OH excluding ortho intramolecular Hbond substituents is 1. The lowest BCUT2D eigenvalue weighted by Gasteiger charge is -2.37. The standard InChI is InChI=1S/C19H17Cl2F3O5/c20-15-10-13(25)11-16(21)17(15)26-8-5-18(27-6-2-7-28-18)12-3-1-4-14(9-12)29-19(22,23)24/h1,3-4,9-11,25H,2,5-8H2. The third-order valence-corrected chi connectivity index (χ3v) is 4.69. The molecule has 1 heterocycles. The Kier molecular flexibility index (Phi) is 6.68. The van der Waals surface area contributed by atoms with Crippen molar-refractivity contribution in [1.29, 1.82) is 0 Å². The molecule has 0 spiro atoms. The lowest BCUT2D eigenvalue weighted by Crippen LogP contribution is -2.39. The molecule has 2 aromatic rings. The van der Waals surface area contributed by atoms with Crippen molar-refractivity contribution < 1.29 is 37.2 Å². The van der Waals surface area contributed by atoms with E-state index in [0.29, 0.717) is 25.2 Å². The van der Waals surface area contributed by atoms with Gasteiger partial charge in [-0.15, -0.1) is 13.2 Å². The summed E-state index contributed by atoms with van der Waals surface area (Å²) in [7, 11) is 0. The predicted molar refractivity (Wildman–Crippen MR) is 99.6 cm³/mol. The molecule has 0 radical (unpaired) electrons. The second-order valence-corrected chi connectivity index (χ2v) is 7.03. The van der Waals surface area contributed by atoms with Crippen LogP contribution in [-0.4, -0.2) is 31.3 Å². The van der Waals surface area contributed by atoms with E-state index >= 15 is 0 Å². The summed E-state index contributed by atoms with van der Waals surface area (Å²) in [5.74, 6) is -1.62. The molecule has 1 aliphatic rings. The Bertz CT molecular complexity index is 831. The lowest BCUT2D eigenvalue weighted by atomic mass is 10.0. The van der Waals surface area contributed by atoms with Gasteiger partial charge in [-0.3, -0.25) is 0 Å². The van der Waals surface area contributed by atoms with Crippen LogP contribution < -0.4 is 9.47 Å². The highest BCUT2D eigenvalue weighted by Crippen LogP contribution is 2.39. The Morgan fingerprint density at radius 1 is 1.07 bits per heavy atom. The van der Waals surface area contributed by atoms with Crippen molar-refractivity contribution >= 4 is 23.2 Å². The predicted octanol–water partition coefficient (Wildman–Crippen LogP) is 5.66. The molecular weight excluding hydrogens is 436 g/mol. The molecular formula is C19H17Cl2F3O5. The topological polar surface area (TPSA) is 57.2 Å². The molecule has 158 valence electrons. The number of rotatable bonds is 6. The number of phenols is 1. The highest BCUT2D eigenvalue weighted by molar-refractivity contribution is 6.37. The zero-order valence-corrected chi connectivity index (χ0v) is 16.5. The van der Waals surface area contributed by atoms with Crippen molar-refractivity contribution in [1.82, 2.24) is 0 Å². The van der Waals surface area contributed by atoms with Gasteiger partial charge < -0.3 is 24.1 Å². The average Bonchev–Trinajstić information content (AvgIpc) is 2.63. The smallest absolute Gasteiger partial charge is 0.508 e. The van der Waals surface area contributed by atoms with Crippen LogP contribution in [0.1, 0.15) is 18.4 Å². The zero-order chi connectivity index (χ0) is 21.1. The van der Waals surface area contributed by atoms with Crippen molar-refractivity contribution in [3.05, 3.63) is 52.0 Å². The van der Waals surface area contributed by atoms with Gasteiger partial charge in [0.05, 0.1) is 29.9 Å². The third kappa shape index (κ3) is 5.60. The first-order valence-corrected chi connectivity index (χ1v) is 9.39. The van der Waals surface area contributed by atoms with Crippen LogP contribution in [-0.2, 0) is 15.3 Å². The average molecular weight is 453 g/mol. The van der Waals surface area contributed by atoms with E-state index in [-0.39, 0.29) is 40.3 Å². The van der Waals surface area contributed by atoms with Crippen molar-refractivity contribution in [2.45, 2.75) is 25.0 Å². The molecule has 3 rings (SSSR count). The van der Waals surface area contributed by atoms with E-state index < -0.39 is 12.1 Å². The van der Waals surface area contributed by atoms with Crippen LogP contribution in [0.25, 0.3) is 0 Å². The Labute approximate surface area is 174 Å². The van der Waals surface area contributed by atoms with Crippen LogP contribution in [0.5, 0.6) is 17.2 Å². The van der Waals surface area contributed by atoms with Crippen LogP contribution in [0.4, 0.5) is 13.2 Å². The molecule has 1 N–H and O–H groups in total. The molecule has 0 aromatic heterocycles. The highest BCUT2D eigenvalue weighted by atomic mass is 35.5. The Hall–Kier alpha value is -1.87. The molecule has 0 bridgehead atoms. The second-order valence-electron chi connectivity index (χ2n) is 6.22. The number of ether oxygens (including phenoxy) is 4. The lowest BCUT2D eigenvalue weighted by molar-refractivity contribution is -0.283. The van der Waals surface area contributed by atoms with Gasteiger partial charge in [0, 0.05) is 24.1 Å². The highest BCUT2D eigenvalue weighted by Gasteiger charge is 2.38. The van der Waals surface area contributed by atoms with Crippen molar-refractivity contribution in [2.24, 2.45) is 0 Å². The minimum absolute atomic E-state index is 0.0363. The van der Waals surface area contributed by atoms with E-state index in [1.165, 1.54) is 30.3 Å². The Morgan fingerprint density at radius 2 is 1.72 bits per heavy atom. The normalized spacial score (nSPS) is 16.4. The minimum Gasteiger partial charge on any atom is -0.508 e. The van der Waals surface area contributed by atoms with Gasteiger partial charge in [-0.25, -0.2) is 0 Å². The van der Waals surface area contributed by atoms with Gasteiger partial charge in [-0.2, -0.15) is 0 Å². The van der Waals surface area contributed by atoms with Gasteiger partial charge >= 0.3 is 6.36 Å². The molecule has 1 aliphatic heterocycles. The fourth-order valence-corrected chi connectivity index (χ4v) is 3.52. The SMILES string of the molecule is Oc1cc(Cl)c(OCCC2(c3cccc(OC(F)(F)F)c3)OCCCO2)c(Cl)c1. The molecule has 1 saturated heterocycles. The maximum Gasteiger partial charge on any atom is 0.573 e. The van der Waals surface area contributed by atoms with E-state index in [0.717, 1.165) is 0 Å². The first-order chi connectivity index (χ1) is 13.7. The first-order valence-electron chi connectivity index (χ1n) is 8.63. The monoisotopic (exact) mass is 452 g/mol. The number of hydrogen-bond acceptors (Lipinski definition) is 5. The summed E-state index contributed by atoms with van der Waals surface area (Å²) in [6, 6.07) is 8.00. The molecule has 0 unspecified atom stereocenters. The molecule has 0 amide bonds. The molecule has 2 aromatic carbocycles. The molecule has 1 fully saturated rings. The van der Waals surface area contributed by atoms with Gasteiger partial charge in [-0.05, 0) is 18.6 Å². The van der Waals surface area contributed by atoms with Crippen LogP contribution in [0, 0.1) is 0 Å². The van der Waals surface area contributed by atoms with Crippen molar-refractivity contribution in [3.8, 4) is 17.2 Å². The van der Waals surface area contributed by atoms with E-state index in [9.17, 15) is 18.3 Å². The summed E-state index contributed by atoms with van der Waals surface area (Å²) >= 11 is 12.1. The summed E-state index contributed by atoms with van der Waals surface area (Å²) in [6.07, 6.45) is -4.01. The summed E-state index contributed by atoms with van der Waals surface area (Å²) in [4.78, 5) is 0. The Morgan fingerprint density at radius 3 is 2.34 bits per heavy atom. The third-order valence-electron chi connectivity index (χ3n) is 4.13. The van der Waals surface area contributed by atoms with Crippen LogP contribution in [0.15, 0.2) is 36.4 Å². The van der Waals surface area contributed by atoms with Gasteiger partial charge in [-0.1, -0.05) is 35.3 Å². The van der Waals surface area contributed by atoms with Gasteiger partial charge in [0.2, 0.25) is 0 Å². The van der Waals surface area contributed by atoms with E-state index in [1.54, 1.807) is 6.07 Å². The number of benzene rings is 2. The minimum atomic E-state index is -4.81. The molecule has 0 atom stereocenters. The number of alkyl halides is 3. The summed E-state index contributed by atoms with van der Waals surface area (Å²) in [6.45, 7) is 0.769. The van der Waals surface area contributed by atoms with Gasteiger partial charge in [0.1, 0.15) is 11.5 Å². The van der Waals surface area contributed by atoms with Crippen LogP contribution in [0.3, 0.4) is 0 Å². The number of aromatic hydroxyl groups is 1. The fourth-order valence-electron chi connectivity index (χ4n) is 2.93. The van der Waals surface area contributed by atoms with E-state index in [1.807, 2.05) is 0 Å². The quantitative estimate of drug-likeness (QED) is 0.612. The Balaban J connectivity index is 1.79. The zero-order valence-electron chi connectivity index (χ0n) is 15.0. The maximum atomic E-state index is 12.6. The maximum absolute atomic E-state index is 12.6. The van der Waals surface area contributed by atoms with Gasteiger partial charge in [0.25, 0.3) is 0 Å².